The first-order valence-electron chi connectivity index (χ1n) is 8.98. The van der Waals surface area contributed by atoms with Gasteiger partial charge in [0.25, 0.3) is 5.91 Å². The van der Waals surface area contributed by atoms with Crippen LogP contribution in [0.3, 0.4) is 0 Å². The molecule has 2 heterocycles. The van der Waals surface area contributed by atoms with Crippen molar-refractivity contribution in [2.45, 2.75) is 13.0 Å². The lowest BCUT2D eigenvalue weighted by Crippen LogP contribution is -2.53. The van der Waals surface area contributed by atoms with Gasteiger partial charge in [0, 0.05) is 38.3 Å². The van der Waals surface area contributed by atoms with Crippen molar-refractivity contribution < 1.29 is 9.18 Å². The quantitative estimate of drug-likeness (QED) is 0.856. The topological polar surface area (TPSA) is 23.6 Å². The van der Waals surface area contributed by atoms with Gasteiger partial charge in [0.15, 0.2) is 0 Å². The van der Waals surface area contributed by atoms with E-state index in [4.69, 9.17) is 0 Å². The fraction of sp³-hybridized carbons (Fsp3) is 0.381. The molecule has 2 fully saturated rings. The van der Waals surface area contributed by atoms with E-state index in [0.29, 0.717) is 17.4 Å². The number of piperidine rings is 2. The van der Waals surface area contributed by atoms with E-state index in [9.17, 15) is 9.18 Å². The SMILES string of the molecule is O=C(c1ccc(F)cc1)N1CC2CC(CN(Cc3ccccc3)C2)C1. The second-order valence-electron chi connectivity index (χ2n) is 7.36. The molecule has 2 aliphatic heterocycles. The number of fused-ring (bicyclic) bond motifs is 2. The van der Waals surface area contributed by atoms with Crippen LogP contribution in [-0.4, -0.2) is 41.9 Å². The van der Waals surface area contributed by atoms with Crippen LogP contribution in [0.2, 0.25) is 0 Å². The maximum absolute atomic E-state index is 13.1. The number of carbonyl (C=O) groups excluding carboxylic acids is 1. The Kier molecular flexibility index (Phi) is 4.53. The second-order valence-corrected chi connectivity index (χ2v) is 7.36. The molecule has 2 atom stereocenters. The van der Waals surface area contributed by atoms with Gasteiger partial charge in [-0.15, -0.1) is 0 Å². The molecule has 3 nitrogen and oxygen atoms in total. The molecule has 1 amide bonds. The summed E-state index contributed by atoms with van der Waals surface area (Å²) in [5, 5.41) is 0. The third kappa shape index (κ3) is 3.74. The van der Waals surface area contributed by atoms with Crippen LogP contribution in [0.15, 0.2) is 54.6 Å². The zero-order valence-electron chi connectivity index (χ0n) is 14.3. The van der Waals surface area contributed by atoms with Gasteiger partial charge in [-0.1, -0.05) is 30.3 Å². The van der Waals surface area contributed by atoms with Gasteiger partial charge in [-0.2, -0.15) is 0 Å². The van der Waals surface area contributed by atoms with E-state index in [0.717, 1.165) is 32.7 Å². The van der Waals surface area contributed by atoms with Crippen molar-refractivity contribution in [1.29, 1.82) is 0 Å². The van der Waals surface area contributed by atoms with Gasteiger partial charge in [-0.3, -0.25) is 9.69 Å². The highest BCUT2D eigenvalue weighted by Gasteiger charge is 2.36. The van der Waals surface area contributed by atoms with Crippen LogP contribution >= 0.6 is 0 Å². The molecule has 0 aliphatic carbocycles. The molecule has 2 unspecified atom stereocenters. The van der Waals surface area contributed by atoms with Crippen molar-refractivity contribution in [1.82, 2.24) is 9.80 Å². The molecule has 4 heteroatoms. The highest BCUT2D eigenvalue weighted by Crippen LogP contribution is 2.30. The van der Waals surface area contributed by atoms with Crippen molar-refractivity contribution in [3.05, 3.63) is 71.5 Å². The van der Waals surface area contributed by atoms with E-state index in [2.05, 4.69) is 29.2 Å². The second kappa shape index (κ2) is 6.96. The summed E-state index contributed by atoms with van der Waals surface area (Å²) >= 11 is 0. The van der Waals surface area contributed by atoms with E-state index in [-0.39, 0.29) is 11.7 Å². The molecule has 0 radical (unpaired) electrons. The normalized spacial score (nSPS) is 23.5. The minimum Gasteiger partial charge on any atom is -0.338 e. The van der Waals surface area contributed by atoms with Gasteiger partial charge in [-0.25, -0.2) is 4.39 Å². The fourth-order valence-corrected chi connectivity index (χ4v) is 4.30. The molecule has 2 aromatic carbocycles. The third-order valence-electron chi connectivity index (χ3n) is 5.28. The maximum Gasteiger partial charge on any atom is 0.253 e. The molecule has 0 aromatic heterocycles. The molecule has 2 saturated heterocycles. The molecule has 0 spiro atoms. The van der Waals surface area contributed by atoms with Gasteiger partial charge in [0.1, 0.15) is 5.82 Å². The van der Waals surface area contributed by atoms with Gasteiger partial charge < -0.3 is 4.90 Å². The Hall–Kier alpha value is -2.20. The zero-order valence-corrected chi connectivity index (χ0v) is 14.3. The number of rotatable bonds is 3. The molecule has 0 N–H and O–H groups in total. The molecular weight excluding hydrogens is 315 g/mol. The molecule has 2 bridgehead atoms. The van der Waals surface area contributed by atoms with Gasteiger partial charge in [0.05, 0.1) is 0 Å². The van der Waals surface area contributed by atoms with Crippen molar-refractivity contribution in [2.24, 2.45) is 11.8 Å². The zero-order chi connectivity index (χ0) is 17.2. The molecule has 130 valence electrons. The van der Waals surface area contributed by atoms with Crippen molar-refractivity contribution in [3.63, 3.8) is 0 Å². The van der Waals surface area contributed by atoms with Crippen molar-refractivity contribution in [2.75, 3.05) is 26.2 Å². The minimum absolute atomic E-state index is 0.0335. The van der Waals surface area contributed by atoms with Crippen LogP contribution in [0, 0.1) is 17.7 Å². The van der Waals surface area contributed by atoms with Crippen LogP contribution in [0.5, 0.6) is 0 Å². The minimum atomic E-state index is -0.302. The lowest BCUT2D eigenvalue weighted by Gasteiger charge is -2.46. The summed E-state index contributed by atoms with van der Waals surface area (Å²) in [5.41, 5.74) is 1.93. The van der Waals surface area contributed by atoms with E-state index in [1.807, 2.05) is 11.0 Å². The summed E-state index contributed by atoms with van der Waals surface area (Å²) < 4.78 is 13.1. The van der Waals surface area contributed by atoms with Crippen LogP contribution in [-0.2, 0) is 6.54 Å². The number of nitrogens with zero attached hydrogens (tertiary/aromatic N) is 2. The molecule has 2 aliphatic rings. The van der Waals surface area contributed by atoms with Gasteiger partial charge in [-0.05, 0) is 48.1 Å². The molecular formula is C21H23FN2O. The Morgan fingerprint density at radius 2 is 1.56 bits per heavy atom. The first-order chi connectivity index (χ1) is 12.2. The number of carbonyl (C=O) groups is 1. The van der Waals surface area contributed by atoms with Gasteiger partial charge >= 0.3 is 0 Å². The highest BCUT2D eigenvalue weighted by molar-refractivity contribution is 5.94. The summed E-state index contributed by atoms with van der Waals surface area (Å²) in [6.07, 6.45) is 1.21. The monoisotopic (exact) mass is 338 g/mol. The number of halogens is 1. The van der Waals surface area contributed by atoms with E-state index in [1.54, 1.807) is 12.1 Å². The number of likely N-dealkylation sites (tertiary alicyclic amines) is 2. The number of benzene rings is 2. The molecule has 25 heavy (non-hydrogen) atoms. The standard InChI is InChI=1S/C21H23FN2O/c22-20-8-6-19(7-9-20)21(25)24-14-17-10-18(15-24)13-23(12-17)11-16-4-2-1-3-5-16/h1-9,17-18H,10-15H2. The van der Waals surface area contributed by atoms with E-state index in [1.165, 1.54) is 24.1 Å². The lowest BCUT2D eigenvalue weighted by molar-refractivity contribution is 0.0238. The lowest BCUT2D eigenvalue weighted by atomic mass is 9.84. The average molecular weight is 338 g/mol. The third-order valence-corrected chi connectivity index (χ3v) is 5.28. The van der Waals surface area contributed by atoms with Crippen LogP contribution in [0.25, 0.3) is 0 Å². The Morgan fingerprint density at radius 1 is 0.920 bits per heavy atom. The summed E-state index contributed by atoms with van der Waals surface area (Å²) in [6.45, 7) is 4.67. The Bertz CT molecular complexity index is 717. The molecule has 2 aromatic rings. The summed E-state index contributed by atoms with van der Waals surface area (Å²) in [7, 11) is 0. The number of amides is 1. The van der Waals surface area contributed by atoms with Crippen LogP contribution < -0.4 is 0 Å². The average Bonchev–Trinajstić information content (AvgIpc) is 2.62. The smallest absolute Gasteiger partial charge is 0.253 e. The predicted octanol–water partition coefficient (Wildman–Crippen LogP) is 3.42. The maximum atomic E-state index is 13.1. The fourth-order valence-electron chi connectivity index (χ4n) is 4.30. The first kappa shape index (κ1) is 16.3. The number of hydrogen-bond donors (Lipinski definition) is 0. The van der Waals surface area contributed by atoms with Gasteiger partial charge in [0.2, 0.25) is 0 Å². The van der Waals surface area contributed by atoms with E-state index >= 15 is 0 Å². The predicted molar refractivity (Wildman–Crippen MR) is 95.6 cm³/mol. The largest absolute Gasteiger partial charge is 0.338 e. The summed E-state index contributed by atoms with van der Waals surface area (Å²) in [5.74, 6) is 0.788. The molecule has 0 saturated carbocycles. The Morgan fingerprint density at radius 3 is 2.20 bits per heavy atom. The first-order valence-corrected chi connectivity index (χ1v) is 8.98. The van der Waals surface area contributed by atoms with Crippen LogP contribution in [0.1, 0.15) is 22.3 Å². The summed E-state index contributed by atoms with van der Waals surface area (Å²) in [6, 6.07) is 16.5. The Labute approximate surface area is 148 Å². The molecule has 4 rings (SSSR count). The summed E-state index contributed by atoms with van der Waals surface area (Å²) in [4.78, 5) is 17.2. The van der Waals surface area contributed by atoms with Crippen molar-refractivity contribution >= 4 is 5.91 Å². The number of hydrogen-bond acceptors (Lipinski definition) is 2. The van der Waals surface area contributed by atoms with E-state index < -0.39 is 0 Å². The highest BCUT2D eigenvalue weighted by atomic mass is 19.1. The van der Waals surface area contributed by atoms with Crippen molar-refractivity contribution in [3.8, 4) is 0 Å². The Balaban J connectivity index is 1.40. The van der Waals surface area contributed by atoms with Crippen LogP contribution in [0.4, 0.5) is 4.39 Å².